The number of carbonyl (C=O) groups excluding carboxylic acids is 2. The Labute approximate surface area is 160 Å². The second-order valence-electron chi connectivity index (χ2n) is 6.93. The number of para-hydroxylation sites is 1. The van der Waals surface area contributed by atoms with Crippen LogP contribution in [0.2, 0.25) is 0 Å². The van der Waals surface area contributed by atoms with Crippen molar-refractivity contribution in [2.24, 2.45) is 0 Å². The summed E-state index contributed by atoms with van der Waals surface area (Å²) < 4.78 is 5.54. The van der Waals surface area contributed by atoms with Crippen molar-refractivity contribution in [3.05, 3.63) is 66.2 Å². The van der Waals surface area contributed by atoms with E-state index in [1.165, 1.54) is 0 Å². The summed E-state index contributed by atoms with van der Waals surface area (Å²) in [5, 5.41) is 5.83. The van der Waals surface area contributed by atoms with Gasteiger partial charge in [0.2, 0.25) is 5.91 Å². The summed E-state index contributed by atoms with van der Waals surface area (Å²) in [5.41, 5.74) is 1.87. The highest BCUT2D eigenvalue weighted by atomic mass is 16.6. The number of hydrogen-bond acceptors (Lipinski definition) is 3. The molecule has 1 fully saturated rings. The van der Waals surface area contributed by atoms with E-state index in [1.54, 1.807) is 0 Å². The molecule has 2 aromatic rings. The van der Waals surface area contributed by atoms with Crippen molar-refractivity contribution in [1.82, 2.24) is 5.32 Å². The lowest BCUT2D eigenvalue weighted by atomic mass is 9.92. The van der Waals surface area contributed by atoms with Gasteiger partial charge in [-0.05, 0) is 43.4 Å². The summed E-state index contributed by atoms with van der Waals surface area (Å²) in [4.78, 5) is 24.3. The number of nitrogens with one attached hydrogen (secondary N) is 2. The van der Waals surface area contributed by atoms with Crippen LogP contribution in [0.1, 0.15) is 37.7 Å². The van der Waals surface area contributed by atoms with E-state index in [9.17, 15) is 9.59 Å². The zero-order valence-corrected chi connectivity index (χ0v) is 15.4. The third kappa shape index (κ3) is 6.44. The van der Waals surface area contributed by atoms with Crippen LogP contribution in [-0.2, 0) is 16.0 Å². The minimum Gasteiger partial charge on any atom is -0.446 e. The maximum absolute atomic E-state index is 12.2. The fourth-order valence-electron chi connectivity index (χ4n) is 3.41. The van der Waals surface area contributed by atoms with Crippen LogP contribution in [-0.4, -0.2) is 24.1 Å². The number of rotatable bonds is 6. The van der Waals surface area contributed by atoms with Crippen LogP contribution in [0.5, 0.6) is 0 Å². The topological polar surface area (TPSA) is 67.4 Å². The first kappa shape index (κ1) is 19.0. The number of aryl methyl sites for hydroxylation is 1. The molecular formula is C22H26N2O3. The van der Waals surface area contributed by atoms with Crippen molar-refractivity contribution in [2.75, 3.05) is 5.32 Å². The minimum absolute atomic E-state index is 0.0539. The lowest BCUT2D eigenvalue weighted by Gasteiger charge is -2.29. The van der Waals surface area contributed by atoms with E-state index in [1.807, 2.05) is 60.7 Å². The lowest BCUT2D eigenvalue weighted by molar-refractivity contribution is -0.122. The lowest BCUT2D eigenvalue weighted by Crippen LogP contribution is -2.41. The first-order chi connectivity index (χ1) is 13.2. The Morgan fingerprint density at radius 2 is 1.67 bits per heavy atom. The molecule has 5 heteroatoms. The third-order valence-corrected chi connectivity index (χ3v) is 4.77. The Hall–Kier alpha value is -2.82. The average Bonchev–Trinajstić information content (AvgIpc) is 2.68. The van der Waals surface area contributed by atoms with Crippen molar-refractivity contribution >= 4 is 17.7 Å². The van der Waals surface area contributed by atoms with E-state index in [-0.39, 0.29) is 18.1 Å². The van der Waals surface area contributed by atoms with Gasteiger partial charge in [-0.1, -0.05) is 48.5 Å². The van der Waals surface area contributed by atoms with E-state index < -0.39 is 6.09 Å². The summed E-state index contributed by atoms with van der Waals surface area (Å²) in [5.74, 6) is 0.0539. The molecule has 0 bridgehead atoms. The quantitative estimate of drug-likeness (QED) is 0.801. The Balaban J connectivity index is 1.40. The standard InChI is InChI=1S/C22H26N2O3/c25-21(15-14-17-8-3-1-4-9-17)23-19-12-7-13-20(16-19)27-22(26)24-18-10-5-2-6-11-18/h1-6,8-11,19-20H,7,12-16H2,(H,23,25)(H,24,26)/t19-,20-/m1/s1. The molecule has 0 radical (unpaired) electrons. The molecule has 142 valence electrons. The molecule has 0 aliphatic heterocycles. The Bertz CT molecular complexity index is 734. The van der Waals surface area contributed by atoms with Crippen LogP contribution in [0.3, 0.4) is 0 Å². The van der Waals surface area contributed by atoms with Gasteiger partial charge in [-0.25, -0.2) is 4.79 Å². The van der Waals surface area contributed by atoms with E-state index in [0.29, 0.717) is 18.5 Å². The number of benzene rings is 2. The fraction of sp³-hybridized carbons (Fsp3) is 0.364. The van der Waals surface area contributed by atoms with E-state index in [4.69, 9.17) is 4.74 Å². The van der Waals surface area contributed by atoms with Crippen LogP contribution in [0.15, 0.2) is 60.7 Å². The molecule has 2 N–H and O–H groups in total. The largest absolute Gasteiger partial charge is 0.446 e. The number of amides is 2. The Morgan fingerprint density at radius 3 is 2.41 bits per heavy atom. The highest BCUT2D eigenvalue weighted by molar-refractivity contribution is 5.84. The van der Waals surface area contributed by atoms with Crippen LogP contribution >= 0.6 is 0 Å². The predicted octanol–water partition coefficient (Wildman–Crippen LogP) is 4.30. The molecule has 0 saturated heterocycles. The van der Waals surface area contributed by atoms with Gasteiger partial charge < -0.3 is 10.1 Å². The molecule has 2 amide bonds. The van der Waals surface area contributed by atoms with Crippen molar-refractivity contribution < 1.29 is 14.3 Å². The Morgan fingerprint density at radius 1 is 0.963 bits per heavy atom. The molecule has 2 atom stereocenters. The van der Waals surface area contributed by atoms with Gasteiger partial charge in [-0.3, -0.25) is 10.1 Å². The highest BCUT2D eigenvalue weighted by Crippen LogP contribution is 2.22. The summed E-state index contributed by atoms with van der Waals surface area (Å²) >= 11 is 0. The van der Waals surface area contributed by atoms with Crippen LogP contribution < -0.4 is 10.6 Å². The van der Waals surface area contributed by atoms with Crippen LogP contribution in [0.4, 0.5) is 10.5 Å². The maximum atomic E-state index is 12.2. The average molecular weight is 366 g/mol. The molecule has 0 spiro atoms. The second-order valence-corrected chi connectivity index (χ2v) is 6.93. The molecule has 3 rings (SSSR count). The first-order valence-electron chi connectivity index (χ1n) is 9.55. The molecule has 1 aliphatic carbocycles. The molecule has 0 heterocycles. The number of carbonyl (C=O) groups is 2. The highest BCUT2D eigenvalue weighted by Gasteiger charge is 2.26. The fourth-order valence-corrected chi connectivity index (χ4v) is 3.41. The summed E-state index contributed by atoms with van der Waals surface area (Å²) in [6.45, 7) is 0. The zero-order chi connectivity index (χ0) is 18.9. The monoisotopic (exact) mass is 366 g/mol. The number of anilines is 1. The second kappa shape index (κ2) is 9.76. The molecule has 0 unspecified atom stereocenters. The smallest absolute Gasteiger partial charge is 0.411 e. The van der Waals surface area contributed by atoms with Gasteiger partial charge in [-0.2, -0.15) is 0 Å². The molecule has 2 aromatic carbocycles. The van der Waals surface area contributed by atoms with Crippen LogP contribution in [0, 0.1) is 0 Å². The van der Waals surface area contributed by atoms with E-state index in [2.05, 4.69) is 10.6 Å². The zero-order valence-electron chi connectivity index (χ0n) is 15.4. The normalized spacial score (nSPS) is 19.1. The van der Waals surface area contributed by atoms with Gasteiger partial charge in [0.1, 0.15) is 6.10 Å². The summed E-state index contributed by atoms with van der Waals surface area (Å²) in [6.07, 6.45) is 3.96. The predicted molar refractivity (Wildman–Crippen MR) is 105 cm³/mol. The first-order valence-corrected chi connectivity index (χ1v) is 9.55. The van der Waals surface area contributed by atoms with Crippen LogP contribution in [0.25, 0.3) is 0 Å². The van der Waals surface area contributed by atoms with Crippen molar-refractivity contribution in [1.29, 1.82) is 0 Å². The van der Waals surface area contributed by atoms with Gasteiger partial charge in [-0.15, -0.1) is 0 Å². The van der Waals surface area contributed by atoms with Crippen molar-refractivity contribution in [2.45, 2.75) is 50.7 Å². The van der Waals surface area contributed by atoms with Crippen molar-refractivity contribution in [3.8, 4) is 0 Å². The SMILES string of the molecule is O=C(CCc1ccccc1)N[C@@H]1CCC[C@@H](OC(=O)Nc2ccccc2)C1. The Kier molecular flexibility index (Phi) is 6.85. The molecule has 1 aliphatic rings. The van der Waals surface area contributed by atoms with Gasteiger partial charge in [0.05, 0.1) is 0 Å². The molecule has 1 saturated carbocycles. The molecule has 0 aromatic heterocycles. The van der Waals surface area contributed by atoms with Gasteiger partial charge in [0, 0.05) is 24.6 Å². The maximum Gasteiger partial charge on any atom is 0.411 e. The van der Waals surface area contributed by atoms with E-state index >= 15 is 0 Å². The molecule has 27 heavy (non-hydrogen) atoms. The van der Waals surface area contributed by atoms with E-state index in [0.717, 1.165) is 31.2 Å². The summed E-state index contributed by atoms with van der Waals surface area (Å²) in [7, 11) is 0. The van der Waals surface area contributed by atoms with Gasteiger partial charge in [0.15, 0.2) is 0 Å². The third-order valence-electron chi connectivity index (χ3n) is 4.77. The number of ether oxygens (including phenoxy) is 1. The van der Waals surface area contributed by atoms with Crippen molar-refractivity contribution in [3.63, 3.8) is 0 Å². The summed E-state index contributed by atoms with van der Waals surface area (Å²) in [6, 6.07) is 19.3. The van der Waals surface area contributed by atoms with Gasteiger partial charge >= 0.3 is 6.09 Å². The number of hydrogen-bond donors (Lipinski definition) is 2. The molecular weight excluding hydrogens is 340 g/mol. The minimum atomic E-state index is -0.442. The van der Waals surface area contributed by atoms with Gasteiger partial charge in [0.25, 0.3) is 0 Å². The molecule has 5 nitrogen and oxygen atoms in total.